The van der Waals surface area contributed by atoms with Gasteiger partial charge in [-0.25, -0.2) is 9.97 Å². The minimum Gasteiger partial charge on any atom is -0.409 e. The number of oxime groups is 1. The molecular weight excluding hydrogens is 256 g/mol. The predicted octanol–water partition coefficient (Wildman–Crippen LogP) is 0.645. The monoisotopic (exact) mass is 272 g/mol. The maximum absolute atomic E-state index is 8.65. The van der Waals surface area contributed by atoms with Crippen LogP contribution in [0, 0.1) is 0 Å². The third-order valence-electron chi connectivity index (χ3n) is 2.84. The van der Waals surface area contributed by atoms with Crippen LogP contribution in [0.1, 0.15) is 11.3 Å². The summed E-state index contributed by atoms with van der Waals surface area (Å²) in [6, 6.07) is 5.54. The first kappa shape index (κ1) is 13.7. The molecular formula is C13H16N6O. The van der Waals surface area contributed by atoms with Crippen molar-refractivity contribution in [3.05, 3.63) is 48.0 Å². The Labute approximate surface area is 116 Å². The molecule has 0 aliphatic rings. The summed E-state index contributed by atoms with van der Waals surface area (Å²) in [5.74, 6) is 0.499. The highest BCUT2D eigenvalue weighted by Gasteiger charge is 2.08. The fourth-order valence-electron chi connectivity index (χ4n) is 1.67. The maximum Gasteiger partial charge on any atom is 0.225 e. The highest BCUT2D eigenvalue weighted by molar-refractivity contribution is 5.95. The number of hydrogen-bond acceptors (Lipinski definition) is 6. The van der Waals surface area contributed by atoms with E-state index in [9.17, 15) is 0 Å². The van der Waals surface area contributed by atoms with Crippen molar-refractivity contribution < 1.29 is 5.21 Å². The highest BCUT2D eigenvalue weighted by Crippen LogP contribution is 2.07. The van der Waals surface area contributed by atoms with E-state index < -0.39 is 0 Å². The van der Waals surface area contributed by atoms with E-state index in [0.29, 0.717) is 11.6 Å². The minimum absolute atomic E-state index is 0.0313. The summed E-state index contributed by atoms with van der Waals surface area (Å²) in [4.78, 5) is 14.3. The second-order valence-corrected chi connectivity index (χ2v) is 4.25. The van der Waals surface area contributed by atoms with Crippen LogP contribution in [0.2, 0.25) is 0 Å². The Hall–Kier alpha value is -2.70. The van der Waals surface area contributed by atoms with Crippen LogP contribution in [-0.2, 0) is 6.42 Å². The molecule has 0 aromatic carbocycles. The van der Waals surface area contributed by atoms with Crippen molar-refractivity contribution in [2.24, 2.45) is 10.9 Å². The van der Waals surface area contributed by atoms with E-state index in [1.807, 2.05) is 24.1 Å². The zero-order valence-electron chi connectivity index (χ0n) is 11.1. The highest BCUT2D eigenvalue weighted by atomic mass is 16.4. The van der Waals surface area contributed by atoms with Gasteiger partial charge < -0.3 is 15.8 Å². The van der Waals surface area contributed by atoms with E-state index in [1.165, 1.54) is 5.56 Å². The van der Waals surface area contributed by atoms with Crippen molar-refractivity contribution in [2.75, 3.05) is 18.5 Å². The standard InChI is InChI=1S/C13H16N6O/c1-19(9-5-10-2-6-15-7-3-10)13-16-8-4-11(17-13)12(14)18-20/h2-4,6-8,20H,5,9H2,1H3,(H2,14,18). The molecule has 0 atom stereocenters. The first-order valence-corrected chi connectivity index (χ1v) is 6.11. The van der Waals surface area contributed by atoms with Gasteiger partial charge in [0.15, 0.2) is 5.84 Å². The fourth-order valence-corrected chi connectivity index (χ4v) is 1.67. The van der Waals surface area contributed by atoms with Crippen molar-refractivity contribution in [2.45, 2.75) is 6.42 Å². The Bertz CT molecular complexity index is 586. The largest absolute Gasteiger partial charge is 0.409 e. The molecule has 2 rings (SSSR count). The third kappa shape index (κ3) is 3.41. The van der Waals surface area contributed by atoms with Gasteiger partial charge in [-0.15, -0.1) is 0 Å². The molecule has 0 aliphatic carbocycles. The molecule has 104 valence electrons. The Morgan fingerprint density at radius 3 is 2.75 bits per heavy atom. The van der Waals surface area contributed by atoms with Gasteiger partial charge in [0.2, 0.25) is 5.95 Å². The van der Waals surface area contributed by atoms with Gasteiger partial charge in [-0.05, 0) is 30.2 Å². The summed E-state index contributed by atoms with van der Waals surface area (Å²) < 4.78 is 0. The normalized spacial score (nSPS) is 11.3. The molecule has 20 heavy (non-hydrogen) atoms. The lowest BCUT2D eigenvalue weighted by Gasteiger charge is -2.17. The van der Waals surface area contributed by atoms with E-state index in [0.717, 1.165) is 13.0 Å². The number of likely N-dealkylation sites (N-methyl/N-ethyl adjacent to an activating group) is 1. The molecule has 0 saturated carbocycles. The molecule has 0 fully saturated rings. The molecule has 0 aliphatic heterocycles. The average molecular weight is 272 g/mol. The topological polar surface area (TPSA) is 101 Å². The van der Waals surface area contributed by atoms with Crippen LogP contribution < -0.4 is 10.6 Å². The van der Waals surface area contributed by atoms with Crippen LogP contribution in [0.5, 0.6) is 0 Å². The van der Waals surface area contributed by atoms with E-state index in [4.69, 9.17) is 10.9 Å². The molecule has 0 saturated heterocycles. The Kier molecular flexibility index (Phi) is 4.43. The molecule has 0 radical (unpaired) electrons. The number of nitrogens with zero attached hydrogens (tertiary/aromatic N) is 5. The van der Waals surface area contributed by atoms with Crippen molar-refractivity contribution in [3.63, 3.8) is 0 Å². The lowest BCUT2D eigenvalue weighted by Crippen LogP contribution is -2.24. The first-order valence-electron chi connectivity index (χ1n) is 6.11. The van der Waals surface area contributed by atoms with Gasteiger partial charge >= 0.3 is 0 Å². The van der Waals surface area contributed by atoms with E-state index >= 15 is 0 Å². The summed E-state index contributed by atoms with van der Waals surface area (Å²) in [5, 5.41) is 11.6. The summed E-state index contributed by atoms with van der Waals surface area (Å²) in [7, 11) is 1.90. The van der Waals surface area contributed by atoms with Gasteiger partial charge in [0, 0.05) is 32.2 Å². The van der Waals surface area contributed by atoms with Gasteiger partial charge in [0.25, 0.3) is 0 Å². The Morgan fingerprint density at radius 1 is 1.30 bits per heavy atom. The number of aromatic nitrogens is 3. The van der Waals surface area contributed by atoms with Crippen molar-refractivity contribution >= 4 is 11.8 Å². The number of anilines is 1. The van der Waals surface area contributed by atoms with Crippen LogP contribution in [0.4, 0.5) is 5.95 Å². The molecule has 2 aromatic heterocycles. The fraction of sp³-hybridized carbons (Fsp3) is 0.231. The molecule has 0 amide bonds. The lowest BCUT2D eigenvalue weighted by molar-refractivity contribution is 0.318. The van der Waals surface area contributed by atoms with Gasteiger partial charge in [-0.1, -0.05) is 5.16 Å². The smallest absolute Gasteiger partial charge is 0.225 e. The lowest BCUT2D eigenvalue weighted by atomic mass is 10.2. The van der Waals surface area contributed by atoms with E-state index in [1.54, 1.807) is 24.7 Å². The maximum atomic E-state index is 8.65. The average Bonchev–Trinajstić information content (AvgIpc) is 2.53. The molecule has 2 aromatic rings. The molecule has 0 unspecified atom stereocenters. The number of rotatable bonds is 5. The zero-order chi connectivity index (χ0) is 14.4. The van der Waals surface area contributed by atoms with Crippen LogP contribution in [-0.4, -0.2) is 39.6 Å². The van der Waals surface area contributed by atoms with Crippen LogP contribution >= 0.6 is 0 Å². The quantitative estimate of drug-likeness (QED) is 0.358. The molecule has 0 spiro atoms. The second kappa shape index (κ2) is 6.46. The second-order valence-electron chi connectivity index (χ2n) is 4.25. The van der Waals surface area contributed by atoms with Crippen LogP contribution in [0.3, 0.4) is 0 Å². The van der Waals surface area contributed by atoms with Gasteiger partial charge in [-0.3, -0.25) is 4.98 Å². The third-order valence-corrected chi connectivity index (χ3v) is 2.84. The molecule has 3 N–H and O–H groups in total. The Balaban J connectivity index is 2.04. The predicted molar refractivity (Wildman–Crippen MR) is 75.8 cm³/mol. The SMILES string of the molecule is CN(CCc1ccncc1)c1nccc(/C(N)=N/O)n1. The van der Waals surface area contributed by atoms with Gasteiger partial charge in [0.1, 0.15) is 5.69 Å². The first-order chi connectivity index (χ1) is 9.70. The van der Waals surface area contributed by atoms with Gasteiger partial charge in [-0.2, -0.15) is 0 Å². The summed E-state index contributed by atoms with van der Waals surface area (Å²) >= 11 is 0. The van der Waals surface area contributed by atoms with Crippen molar-refractivity contribution in [3.8, 4) is 0 Å². The summed E-state index contributed by atoms with van der Waals surface area (Å²) in [6.45, 7) is 0.754. The number of pyridine rings is 1. The molecule has 0 bridgehead atoms. The summed E-state index contributed by atoms with van der Waals surface area (Å²) in [6.07, 6.45) is 5.98. The van der Waals surface area contributed by atoms with Crippen molar-refractivity contribution in [1.82, 2.24) is 15.0 Å². The Morgan fingerprint density at radius 2 is 2.05 bits per heavy atom. The number of hydrogen-bond donors (Lipinski definition) is 2. The number of amidine groups is 1. The van der Waals surface area contributed by atoms with Crippen LogP contribution in [0.25, 0.3) is 0 Å². The molecule has 7 heteroatoms. The van der Waals surface area contributed by atoms with Gasteiger partial charge in [0.05, 0.1) is 0 Å². The molecule has 7 nitrogen and oxygen atoms in total. The zero-order valence-corrected chi connectivity index (χ0v) is 11.1. The molecule has 2 heterocycles. The summed E-state index contributed by atoms with van der Waals surface area (Å²) in [5.41, 5.74) is 7.10. The minimum atomic E-state index is -0.0313. The van der Waals surface area contributed by atoms with Crippen LogP contribution in [0.15, 0.2) is 41.9 Å². The van der Waals surface area contributed by atoms with E-state index in [2.05, 4.69) is 20.1 Å². The van der Waals surface area contributed by atoms with Crippen molar-refractivity contribution in [1.29, 1.82) is 0 Å². The number of nitrogens with two attached hydrogens (primary N) is 1. The van der Waals surface area contributed by atoms with E-state index in [-0.39, 0.29) is 5.84 Å².